The van der Waals surface area contributed by atoms with Gasteiger partial charge < -0.3 is 0 Å². The summed E-state index contributed by atoms with van der Waals surface area (Å²) >= 11 is 2.85. The molecule has 0 aromatic heterocycles. The van der Waals surface area contributed by atoms with Crippen molar-refractivity contribution < 1.29 is 17.3 Å². The number of rotatable bonds is 0. The van der Waals surface area contributed by atoms with Crippen LogP contribution >= 0.6 is 15.9 Å². The van der Waals surface area contributed by atoms with Gasteiger partial charge in [-0.2, -0.15) is 13.2 Å². The minimum Gasteiger partial charge on any atom is -0.166 e. The Hall–Kier alpha value is -0.510. The molecule has 0 fully saturated rings. The Morgan fingerprint density at radius 1 is 1.33 bits per heavy atom. The van der Waals surface area contributed by atoms with E-state index in [0.717, 1.165) is 12.1 Å². The van der Waals surface area contributed by atoms with E-state index in [1.54, 1.807) is 0 Å². The first-order valence-corrected chi connectivity index (χ1v) is 3.78. The molecule has 0 amide bonds. The lowest BCUT2D eigenvalue weighted by molar-refractivity contribution is -0.137. The Morgan fingerprint density at radius 3 is 2.50 bits per heavy atom. The molecule has 0 atom stereocenters. The van der Waals surface area contributed by atoms with Crippen LogP contribution in [0.15, 0.2) is 22.7 Å². The van der Waals surface area contributed by atoms with Crippen molar-refractivity contribution in [2.45, 2.75) is 13.0 Å². The minimum atomic E-state index is -4.54. The molecule has 0 spiro atoms. The summed E-state index contributed by atoms with van der Waals surface area (Å²) in [6.45, 7) is -2.54. The molecule has 1 aromatic rings. The molecule has 0 unspecified atom stereocenters. The Bertz CT molecular complexity index is 338. The van der Waals surface area contributed by atoms with Gasteiger partial charge in [0.1, 0.15) is 0 Å². The summed E-state index contributed by atoms with van der Waals surface area (Å²) in [5, 5.41) is 0. The topological polar surface area (TPSA) is 0 Å². The molecule has 0 radical (unpaired) electrons. The highest BCUT2D eigenvalue weighted by Crippen LogP contribution is 2.31. The van der Waals surface area contributed by atoms with Crippen molar-refractivity contribution in [3.63, 3.8) is 0 Å². The molecule has 66 valence electrons. The van der Waals surface area contributed by atoms with Gasteiger partial charge in [0.15, 0.2) is 0 Å². The number of aryl methyl sites for hydroxylation is 1. The van der Waals surface area contributed by atoms with Crippen molar-refractivity contribution in [3.05, 3.63) is 33.8 Å². The van der Waals surface area contributed by atoms with Crippen LogP contribution in [0.2, 0.25) is 0 Å². The van der Waals surface area contributed by atoms with E-state index in [0.29, 0.717) is 6.07 Å². The number of halogens is 4. The number of benzene rings is 1. The Kier molecular flexibility index (Phi) is 1.55. The van der Waals surface area contributed by atoms with E-state index in [2.05, 4.69) is 15.9 Å². The lowest BCUT2D eigenvalue weighted by Gasteiger charge is -2.07. The number of hydrogen-bond donors (Lipinski definition) is 0. The van der Waals surface area contributed by atoms with Gasteiger partial charge >= 0.3 is 6.18 Å². The van der Waals surface area contributed by atoms with E-state index in [9.17, 15) is 13.2 Å². The minimum absolute atomic E-state index is 0.100. The standard InChI is InChI=1S/C8H6BrF3/c1-5-2-6(8(10,11)12)4-7(9)3-5/h2-4H,1H3/i1D3. The zero-order valence-electron chi connectivity index (χ0n) is 8.74. The van der Waals surface area contributed by atoms with Crippen LogP contribution in [0.5, 0.6) is 0 Å². The second-order valence-corrected chi connectivity index (χ2v) is 3.14. The van der Waals surface area contributed by atoms with Gasteiger partial charge in [-0.1, -0.05) is 15.9 Å². The smallest absolute Gasteiger partial charge is 0.166 e. The molecule has 0 aliphatic carbocycles. The zero-order chi connectivity index (χ0) is 11.9. The second-order valence-electron chi connectivity index (χ2n) is 2.23. The predicted molar refractivity (Wildman–Crippen MR) is 43.9 cm³/mol. The third kappa shape index (κ3) is 2.24. The largest absolute Gasteiger partial charge is 0.416 e. The van der Waals surface area contributed by atoms with Crippen LogP contribution in [0.4, 0.5) is 13.2 Å². The van der Waals surface area contributed by atoms with Crippen LogP contribution < -0.4 is 0 Å². The predicted octanol–water partition coefficient (Wildman–Crippen LogP) is 3.78. The summed E-state index contributed by atoms with van der Waals surface area (Å²) in [5.74, 6) is 0. The first kappa shape index (κ1) is 6.02. The van der Waals surface area contributed by atoms with Crippen LogP contribution in [0.3, 0.4) is 0 Å². The van der Waals surface area contributed by atoms with E-state index in [1.165, 1.54) is 0 Å². The molecule has 1 aromatic carbocycles. The van der Waals surface area contributed by atoms with E-state index in [-0.39, 0.29) is 10.0 Å². The summed E-state index contributed by atoms with van der Waals surface area (Å²) < 4.78 is 58.1. The van der Waals surface area contributed by atoms with Gasteiger partial charge in [-0.3, -0.25) is 0 Å². The maximum absolute atomic E-state index is 12.3. The molecule has 1 rings (SSSR count). The maximum Gasteiger partial charge on any atom is 0.416 e. The molecule has 0 heterocycles. The number of hydrogen-bond acceptors (Lipinski definition) is 0. The lowest BCUT2D eigenvalue weighted by Crippen LogP contribution is -2.04. The SMILES string of the molecule is [2H]C([2H])([2H])c1cc(Br)cc(C(F)(F)F)c1. The molecule has 0 aliphatic rings. The third-order valence-corrected chi connectivity index (χ3v) is 1.68. The summed E-state index contributed by atoms with van der Waals surface area (Å²) in [7, 11) is 0. The van der Waals surface area contributed by atoms with Crippen molar-refractivity contribution in [1.82, 2.24) is 0 Å². The molecule has 4 heteroatoms. The van der Waals surface area contributed by atoms with Crippen LogP contribution in [0, 0.1) is 6.85 Å². The van der Waals surface area contributed by atoms with Crippen LogP contribution in [-0.4, -0.2) is 0 Å². The highest BCUT2D eigenvalue weighted by Gasteiger charge is 2.30. The summed E-state index contributed by atoms with van der Waals surface area (Å²) in [5.41, 5.74) is -1.30. The Morgan fingerprint density at radius 2 is 2.00 bits per heavy atom. The molecule has 12 heavy (non-hydrogen) atoms. The average molecular weight is 242 g/mol. The van der Waals surface area contributed by atoms with Crippen molar-refractivity contribution >= 4 is 15.9 Å². The monoisotopic (exact) mass is 241 g/mol. The third-order valence-electron chi connectivity index (χ3n) is 1.23. The lowest BCUT2D eigenvalue weighted by atomic mass is 10.1. The zero-order valence-corrected chi connectivity index (χ0v) is 7.33. The Balaban J connectivity index is 3.30. The van der Waals surface area contributed by atoms with Gasteiger partial charge in [0.25, 0.3) is 0 Å². The molecular weight excluding hydrogens is 233 g/mol. The fraction of sp³-hybridized carbons (Fsp3) is 0.250. The first-order valence-electron chi connectivity index (χ1n) is 4.49. The Labute approximate surface area is 80.7 Å². The van der Waals surface area contributed by atoms with E-state index in [1.807, 2.05) is 0 Å². The van der Waals surface area contributed by atoms with Crippen molar-refractivity contribution in [3.8, 4) is 0 Å². The van der Waals surface area contributed by atoms with E-state index in [4.69, 9.17) is 4.11 Å². The van der Waals surface area contributed by atoms with Gasteiger partial charge in [0, 0.05) is 8.58 Å². The molecule has 0 aliphatic heterocycles. The summed E-state index contributed by atoms with van der Waals surface area (Å²) in [6.07, 6.45) is -4.54. The van der Waals surface area contributed by atoms with Crippen molar-refractivity contribution in [1.29, 1.82) is 0 Å². The highest BCUT2D eigenvalue weighted by atomic mass is 79.9. The molecular formula is C8H6BrF3. The second kappa shape index (κ2) is 3.09. The molecule has 0 bridgehead atoms. The van der Waals surface area contributed by atoms with Gasteiger partial charge in [-0.25, -0.2) is 0 Å². The fourth-order valence-electron chi connectivity index (χ4n) is 0.753. The van der Waals surface area contributed by atoms with Crippen LogP contribution in [0.1, 0.15) is 15.2 Å². The number of alkyl halides is 3. The molecule has 0 N–H and O–H groups in total. The van der Waals surface area contributed by atoms with Crippen LogP contribution in [-0.2, 0) is 6.18 Å². The normalized spacial score (nSPS) is 16.5. The van der Waals surface area contributed by atoms with Gasteiger partial charge in [0.05, 0.1) is 5.56 Å². The molecule has 0 nitrogen and oxygen atoms in total. The van der Waals surface area contributed by atoms with Gasteiger partial charge in [-0.15, -0.1) is 0 Å². The van der Waals surface area contributed by atoms with Gasteiger partial charge in [0.2, 0.25) is 0 Å². The first-order chi connectivity index (χ1) is 6.60. The van der Waals surface area contributed by atoms with E-state index < -0.39 is 18.6 Å². The van der Waals surface area contributed by atoms with Gasteiger partial charge in [-0.05, 0) is 30.6 Å². The highest BCUT2D eigenvalue weighted by molar-refractivity contribution is 9.10. The quantitative estimate of drug-likeness (QED) is 0.649. The van der Waals surface area contributed by atoms with Crippen molar-refractivity contribution in [2.24, 2.45) is 0 Å². The summed E-state index contributed by atoms with van der Waals surface area (Å²) in [4.78, 5) is 0. The fourth-order valence-corrected chi connectivity index (χ4v) is 1.25. The maximum atomic E-state index is 12.3. The van der Waals surface area contributed by atoms with Crippen LogP contribution in [0.25, 0.3) is 0 Å². The van der Waals surface area contributed by atoms with Crippen molar-refractivity contribution in [2.75, 3.05) is 0 Å². The summed E-state index contributed by atoms with van der Waals surface area (Å²) in [6, 6.07) is 2.63. The molecule has 0 saturated carbocycles. The average Bonchev–Trinajstić information content (AvgIpc) is 1.99. The molecule has 0 saturated heterocycles. The van der Waals surface area contributed by atoms with E-state index >= 15 is 0 Å².